The monoisotopic (exact) mass is 346 g/mol. The molecule has 0 spiro atoms. The zero-order chi connectivity index (χ0) is 18.4. The predicted octanol–water partition coefficient (Wildman–Crippen LogP) is 2.29. The molecular weight excluding hydrogens is 324 g/mol. The molecular formula is C18H22N2O5. The fourth-order valence-corrected chi connectivity index (χ4v) is 2.89. The van der Waals surface area contributed by atoms with E-state index in [9.17, 15) is 20.0 Å². The van der Waals surface area contributed by atoms with Crippen LogP contribution in [0.25, 0.3) is 0 Å². The van der Waals surface area contributed by atoms with Crippen LogP contribution in [0.5, 0.6) is 11.5 Å². The number of benzene rings is 1. The predicted molar refractivity (Wildman–Crippen MR) is 89.1 cm³/mol. The molecule has 0 radical (unpaired) electrons. The summed E-state index contributed by atoms with van der Waals surface area (Å²) in [5.74, 6) is -1.58. The molecule has 1 amide bonds. The summed E-state index contributed by atoms with van der Waals surface area (Å²) in [6.45, 7) is 1.43. The minimum Gasteiger partial charge on any atom is -0.504 e. The van der Waals surface area contributed by atoms with Crippen molar-refractivity contribution in [3.63, 3.8) is 0 Å². The number of para-hydroxylation sites is 1. The van der Waals surface area contributed by atoms with E-state index in [1.54, 1.807) is 0 Å². The van der Waals surface area contributed by atoms with Crippen LogP contribution in [-0.2, 0) is 9.53 Å². The molecule has 1 saturated carbocycles. The zero-order valence-corrected chi connectivity index (χ0v) is 14.4. The van der Waals surface area contributed by atoms with Gasteiger partial charge in [-0.05, 0) is 31.9 Å². The quantitative estimate of drug-likeness (QED) is 0.792. The molecule has 1 aromatic rings. The lowest BCUT2D eigenvalue weighted by Crippen LogP contribution is -2.52. The second-order valence-electron chi connectivity index (χ2n) is 6.15. The molecule has 1 aliphatic carbocycles. The van der Waals surface area contributed by atoms with Gasteiger partial charge in [-0.2, -0.15) is 5.26 Å². The maximum atomic E-state index is 12.3. The van der Waals surface area contributed by atoms with Crippen LogP contribution in [0.1, 0.15) is 49.4 Å². The highest BCUT2D eigenvalue weighted by molar-refractivity contribution is 5.95. The molecule has 0 aromatic heterocycles. The van der Waals surface area contributed by atoms with Crippen molar-refractivity contribution >= 4 is 11.9 Å². The molecule has 0 aliphatic heterocycles. The Balaban J connectivity index is 2.03. The number of nitrogens with zero attached hydrogens (tertiary/aromatic N) is 1. The third kappa shape index (κ3) is 4.21. The van der Waals surface area contributed by atoms with Gasteiger partial charge in [0.2, 0.25) is 0 Å². The first-order chi connectivity index (χ1) is 11.9. The highest BCUT2D eigenvalue weighted by Crippen LogP contribution is 2.30. The van der Waals surface area contributed by atoms with Crippen LogP contribution in [0.3, 0.4) is 0 Å². The lowest BCUT2D eigenvalue weighted by molar-refractivity contribution is -0.130. The summed E-state index contributed by atoms with van der Waals surface area (Å²) in [7, 11) is 1.37. The lowest BCUT2D eigenvalue weighted by atomic mass is 9.83. The van der Waals surface area contributed by atoms with Gasteiger partial charge < -0.3 is 19.9 Å². The summed E-state index contributed by atoms with van der Waals surface area (Å²) in [6, 6.07) is 6.60. The standard InChI is InChI=1S/C18H22N2O5/c1-12(16(22)20-18(11-19)9-4-3-5-10-18)25-17(23)13-7-6-8-14(24-2)15(13)21/h6-8,12,21H,3-5,9-10H2,1-2H3,(H,20,22)/t12-/m0/s1. The number of carbonyl (C=O) groups is 2. The van der Waals surface area contributed by atoms with Crippen molar-refractivity contribution in [3.8, 4) is 17.6 Å². The molecule has 25 heavy (non-hydrogen) atoms. The maximum absolute atomic E-state index is 12.3. The fraction of sp³-hybridized carbons (Fsp3) is 0.500. The zero-order valence-electron chi connectivity index (χ0n) is 14.4. The van der Waals surface area contributed by atoms with Crippen molar-refractivity contribution < 1.29 is 24.2 Å². The van der Waals surface area contributed by atoms with E-state index in [1.165, 1.54) is 32.2 Å². The number of aromatic hydroxyl groups is 1. The Hall–Kier alpha value is -2.75. The smallest absolute Gasteiger partial charge is 0.342 e. The summed E-state index contributed by atoms with van der Waals surface area (Å²) < 4.78 is 10.1. The van der Waals surface area contributed by atoms with E-state index in [1.807, 2.05) is 0 Å². The van der Waals surface area contributed by atoms with Crippen LogP contribution in [0, 0.1) is 11.3 Å². The average Bonchev–Trinajstić information content (AvgIpc) is 2.62. The number of hydrogen-bond donors (Lipinski definition) is 2. The van der Waals surface area contributed by atoms with Crippen LogP contribution in [-0.4, -0.2) is 35.7 Å². The molecule has 134 valence electrons. The Morgan fingerprint density at radius 2 is 2.00 bits per heavy atom. The van der Waals surface area contributed by atoms with E-state index >= 15 is 0 Å². The van der Waals surface area contributed by atoms with Crippen molar-refractivity contribution in [2.24, 2.45) is 0 Å². The number of methoxy groups -OCH3 is 1. The molecule has 1 aliphatic rings. The van der Waals surface area contributed by atoms with E-state index in [0.717, 1.165) is 19.3 Å². The third-order valence-corrected chi connectivity index (χ3v) is 4.38. The molecule has 0 bridgehead atoms. The van der Waals surface area contributed by atoms with Gasteiger partial charge in [0, 0.05) is 0 Å². The summed E-state index contributed by atoms with van der Waals surface area (Å²) in [4.78, 5) is 24.5. The number of amides is 1. The first-order valence-electron chi connectivity index (χ1n) is 8.22. The molecule has 7 heteroatoms. The fourth-order valence-electron chi connectivity index (χ4n) is 2.89. The van der Waals surface area contributed by atoms with Gasteiger partial charge >= 0.3 is 5.97 Å². The topological polar surface area (TPSA) is 109 Å². The molecule has 1 fully saturated rings. The minimum atomic E-state index is -1.09. The Kier molecular flexibility index (Phi) is 5.86. The summed E-state index contributed by atoms with van der Waals surface area (Å²) in [5.41, 5.74) is -0.986. The SMILES string of the molecule is COc1cccc(C(=O)O[C@@H](C)C(=O)NC2(C#N)CCCCC2)c1O. The number of esters is 1. The largest absolute Gasteiger partial charge is 0.504 e. The summed E-state index contributed by atoms with van der Waals surface area (Å²) >= 11 is 0. The number of nitriles is 1. The molecule has 0 unspecified atom stereocenters. The molecule has 2 N–H and O–H groups in total. The number of phenols is 1. The van der Waals surface area contributed by atoms with Gasteiger partial charge in [0.05, 0.1) is 13.2 Å². The van der Waals surface area contributed by atoms with Crippen molar-refractivity contribution in [3.05, 3.63) is 23.8 Å². The summed E-state index contributed by atoms with van der Waals surface area (Å²) in [6.07, 6.45) is 2.88. The minimum absolute atomic E-state index is 0.0911. The van der Waals surface area contributed by atoms with E-state index < -0.39 is 23.5 Å². The number of ether oxygens (including phenoxy) is 2. The van der Waals surface area contributed by atoms with Crippen LogP contribution in [0.15, 0.2) is 18.2 Å². The first-order valence-corrected chi connectivity index (χ1v) is 8.22. The molecule has 7 nitrogen and oxygen atoms in total. The van der Waals surface area contributed by atoms with Crippen molar-refractivity contribution in [1.82, 2.24) is 5.32 Å². The summed E-state index contributed by atoms with van der Waals surface area (Å²) in [5, 5.41) is 22.1. The Morgan fingerprint density at radius 3 is 2.60 bits per heavy atom. The molecule has 0 heterocycles. The van der Waals surface area contributed by atoms with Gasteiger partial charge in [0.25, 0.3) is 5.91 Å². The number of nitrogens with one attached hydrogen (secondary N) is 1. The molecule has 2 rings (SSSR count). The number of carbonyl (C=O) groups excluding carboxylic acids is 2. The van der Waals surface area contributed by atoms with Gasteiger partial charge in [-0.3, -0.25) is 4.79 Å². The van der Waals surface area contributed by atoms with Crippen molar-refractivity contribution in [2.45, 2.75) is 50.7 Å². The lowest BCUT2D eigenvalue weighted by Gasteiger charge is -2.32. The second-order valence-corrected chi connectivity index (χ2v) is 6.15. The molecule has 1 aromatic carbocycles. The van der Waals surface area contributed by atoms with Crippen LogP contribution < -0.4 is 10.1 Å². The Morgan fingerprint density at radius 1 is 1.32 bits per heavy atom. The maximum Gasteiger partial charge on any atom is 0.342 e. The Bertz CT molecular complexity index is 689. The first kappa shape index (κ1) is 18.6. The van der Waals surface area contributed by atoms with E-state index in [2.05, 4.69) is 11.4 Å². The average molecular weight is 346 g/mol. The molecule has 1 atom stereocenters. The van der Waals surface area contributed by atoms with Crippen LogP contribution in [0.2, 0.25) is 0 Å². The molecule has 0 saturated heterocycles. The highest BCUT2D eigenvalue weighted by Gasteiger charge is 2.35. The Labute approximate surface area is 146 Å². The van der Waals surface area contributed by atoms with Gasteiger partial charge in [-0.1, -0.05) is 25.3 Å². The van der Waals surface area contributed by atoms with E-state index in [4.69, 9.17) is 9.47 Å². The third-order valence-electron chi connectivity index (χ3n) is 4.38. The normalized spacial score (nSPS) is 17.0. The highest BCUT2D eigenvalue weighted by atomic mass is 16.5. The van der Waals surface area contributed by atoms with Crippen LogP contribution >= 0.6 is 0 Å². The van der Waals surface area contributed by atoms with E-state index in [-0.39, 0.29) is 17.1 Å². The number of rotatable bonds is 5. The van der Waals surface area contributed by atoms with Gasteiger partial charge in [-0.25, -0.2) is 4.79 Å². The number of hydrogen-bond acceptors (Lipinski definition) is 6. The van der Waals surface area contributed by atoms with E-state index in [0.29, 0.717) is 12.8 Å². The van der Waals surface area contributed by atoms with Gasteiger partial charge in [-0.15, -0.1) is 0 Å². The van der Waals surface area contributed by atoms with Gasteiger partial charge in [0.1, 0.15) is 11.1 Å². The van der Waals surface area contributed by atoms with Crippen molar-refractivity contribution in [2.75, 3.05) is 7.11 Å². The number of phenolic OH excluding ortho intramolecular Hbond substituents is 1. The van der Waals surface area contributed by atoms with Crippen LogP contribution in [0.4, 0.5) is 0 Å². The van der Waals surface area contributed by atoms with Crippen molar-refractivity contribution in [1.29, 1.82) is 5.26 Å². The van der Waals surface area contributed by atoms with Gasteiger partial charge in [0.15, 0.2) is 17.6 Å². The second kappa shape index (κ2) is 7.88.